The van der Waals surface area contributed by atoms with Crippen LogP contribution in [0.5, 0.6) is 0 Å². The van der Waals surface area contributed by atoms with E-state index in [1.807, 2.05) is 52.0 Å². The number of alkyl halides is 1. The van der Waals surface area contributed by atoms with E-state index in [1.54, 1.807) is 6.92 Å². The Kier molecular flexibility index (Phi) is 9.13. The molecule has 5 nitrogen and oxygen atoms in total. The first-order chi connectivity index (χ1) is 12.1. The lowest BCUT2D eigenvalue weighted by Gasteiger charge is -2.25. The van der Waals surface area contributed by atoms with E-state index in [0.29, 0.717) is 19.4 Å². The standard InChI is InChI=1S/C20H30BrNO4/c1-6-25-18(23)14(2)11-17(22-19(24)26-20(3,4)5)12-15-7-9-16(13-21)10-8-15/h7-10,14,17H,6,11-13H2,1-5H3,(H,22,24)/t14-,17+/m0/s1. The molecule has 0 bridgehead atoms. The van der Waals surface area contributed by atoms with Gasteiger partial charge >= 0.3 is 12.1 Å². The summed E-state index contributed by atoms with van der Waals surface area (Å²) < 4.78 is 10.4. The van der Waals surface area contributed by atoms with Gasteiger partial charge in [0.15, 0.2) is 0 Å². The molecule has 0 aliphatic rings. The lowest BCUT2D eigenvalue weighted by atomic mass is 9.96. The highest BCUT2D eigenvalue weighted by Crippen LogP contribution is 2.16. The summed E-state index contributed by atoms with van der Waals surface area (Å²) in [6.07, 6.45) is 0.625. The predicted molar refractivity (Wildman–Crippen MR) is 106 cm³/mol. The molecule has 1 aromatic rings. The Bertz CT molecular complexity index is 580. The number of hydrogen-bond donors (Lipinski definition) is 1. The van der Waals surface area contributed by atoms with Crippen LogP contribution in [0.25, 0.3) is 0 Å². The highest BCUT2D eigenvalue weighted by molar-refractivity contribution is 9.08. The van der Waals surface area contributed by atoms with E-state index in [4.69, 9.17) is 9.47 Å². The third-order valence-corrected chi connectivity index (χ3v) is 4.35. The minimum atomic E-state index is -0.571. The number of ether oxygens (including phenoxy) is 2. The Hall–Kier alpha value is -1.56. The molecular weight excluding hydrogens is 398 g/mol. The maximum atomic E-state index is 12.2. The van der Waals surface area contributed by atoms with Crippen LogP contribution in [-0.2, 0) is 26.0 Å². The van der Waals surface area contributed by atoms with Gasteiger partial charge in [0, 0.05) is 11.4 Å². The summed E-state index contributed by atoms with van der Waals surface area (Å²) in [6, 6.07) is 7.94. The molecule has 0 heterocycles. The summed E-state index contributed by atoms with van der Waals surface area (Å²) in [4.78, 5) is 24.1. The van der Waals surface area contributed by atoms with Gasteiger partial charge in [-0.05, 0) is 51.7 Å². The topological polar surface area (TPSA) is 64.6 Å². The van der Waals surface area contributed by atoms with Crippen LogP contribution in [0.15, 0.2) is 24.3 Å². The second-order valence-electron chi connectivity index (χ2n) is 7.39. The van der Waals surface area contributed by atoms with Crippen LogP contribution in [-0.4, -0.2) is 30.3 Å². The van der Waals surface area contributed by atoms with Crippen molar-refractivity contribution in [3.8, 4) is 0 Å². The van der Waals surface area contributed by atoms with Crippen LogP contribution in [0.4, 0.5) is 4.79 Å². The Morgan fingerprint density at radius 2 is 1.73 bits per heavy atom. The first kappa shape index (κ1) is 22.5. The number of alkyl carbamates (subject to hydrolysis) is 1. The van der Waals surface area contributed by atoms with Crippen molar-refractivity contribution in [1.29, 1.82) is 0 Å². The van der Waals surface area contributed by atoms with Crippen molar-refractivity contribution in [3.05, 3.63) is 35.4 Å². The molecule has 0 aliphatic carbocycles. The Morgan fingerprint density at radius 1 is 1.15 bits per heavy atom. The van der Waals surface area contributed by atoms with Gasteiger partial charge in [-0.1, -0.05) is 47.1 Å². The van der Waals surface area contributed by atoms with E-state index >= 15 is 0 Å². The third-order valence-electron chi connectivity index (χ3n) is 3.71. The molecule has 0 saturated carbocycles. The molecule has 0 radical (unpaired) electrons. The number of benzene rings is 1. The fourth-order valence-corrected chi connectivity index (χ4v) is 2.90. The highest BCUT2D eigenvalue weighted by Gasteiger charge is 2.24. The van der Waals surface area contributed by atoms with Gasteiger partial charge in [0.25, 0.3) is 0 Å². The summed E-state index contributed by atoms with van der Waals surface area (Å²) in [5.41, 5.74) is 1.70. The van der Waals surface area contributed by atoms with Crippen molar-refractivity contribution in [1.82, 2.24) is 5.32 Å². The number of carbonyl (C=O) groups is 2. The average Bonchev–Trinajstić information content (AvgIpc) is 2.53. The van der Waals surface area contributed by atoms with Gasteiger partial charge in [0.05, 0.1) is 12.5 Å². The van der Waals surface area contributed by atoms with Gasteiger partial charge in [0.1, 0.15) is 5.60 Å². The Balaban J connectivity index is 2.82. The maximum Gasteiger partial charge on any atom is 0.407 e. The molecule has 1 N–H and O–H groups in total. The number of esters is 1. The summed E-state index contributed by atoms with van der Waals surface area (Å²) in [6.45, 7) is 9.41. The normalized spacial score (nSPS) is 13.6. The van der Waals surface area contributed by atoms with E-state index in [-0.39, 0.29) is 17.9 Å². The molecule has 0 spiro atoms. The monoisotopic (exact) mass is 427 g/mol. The fourth-order valence-electron chi connectivity index (χ4n) is 2.52. The third kappa shape index (κ3) is 8.70. The van der Waals surface area contributed by atoms with E-state index in [1.165, 1.54) is 5.56 Å². The lowest BCUT2D eigenvalue weighted by Crippen LogP contribution is -2.41. The van der Waals surface area contributed by atoms with Crippen LogP contribution in [0.3, 0.4) is 0 Å². The van der Waals surface area contributed by atoms with E-state index in [0.717, 1.165) is 10.9 Å². The number of nitrogens with one attached hydrogen (secondary N) is 1. The van der Waals surface area contributed by atoms with Gasteiger partial charge in [0.2, 0.25) is 0 Å². The zero-order valence-corrected chi connectivity index (χ0v) is 17.9. The Labute approximate surface area is 165 Å². The van der Waals surface area contributed by atoms with Gasteiger partial charge in [-0.3, -0.25) is 4.79 Å². The van der Waals surface area contributed by atoms with Crippen LogP contribution in [0, 0.1) is 5.92 Å². The number of amides is 1. The van der Waals surface area contributed by atoms with Crippen molar-refractivity contribution >= 4 is 28.0 Å². The summed E-state index contributed by atoms with van der Waals surface area (Å²) in [5.74, 6) is -0.560. The lowest BCUT2D eigenvalue weighted by molar-refractivity contribution is -0.147. The van der Waals surface area contributed by atoms with Gasteiger partial charge in [-0.2, -0.15) is 0 Å². The number of rotatable bonds is 8. The highest BCUT2D eigenvalue weighted by atomic mass is 79.9. The fraction of sp³-hybridized carbons (Fsp3) is 0.600. The molecule has 0 fully saturated rings. The molecule has 0 aromatic heterocycles. The molecule has 26 heavy (non-hydrogen) atoms. The molecule has 0 saturated heterocycles. The smallest absolute Gasteiger partial charge is 0.407 e. The van der Waals surface area contributed by atoms with Crippen LogP contribution < -0.4 is 5.32 Å². The second-order valence-corrected chi connectivity index (χ2v) is 7.95. The van der Waals surface area contributed by atoms with Crippen molar-refractivity contribution in [2.24, 2.45) is 5.92 Å². The molecule has 0 aliphatic heterocycles. The minimum absolute atomic E-state index is 0.223. The number of carbonyl (C=O) groups excluding carboxylic acids is 2. The molecule has 146 valence electrons. The van der Waals surface area contributed by atoms with Crippen LogP contribution in [0.2, 0.25) is 0 Å². The van der Waals surface area contributed by atoms with Crippen molar-refractivity contribution in [3.63, 3.8) is 0 Å². The quantitative estimate of drug-likeness (QED) is 0.485. The Morgan fingerprint density at radius 3 is 2.23 bits per heavy atom. The first-order valence-electron chi connectivity index (χ1n) is 8.94. The molecule has 1 rings (SSSR count). The van der Waals surface area contributed by atoms with Gasteiger partial charge in [-0.15, -0.1) is 0 Å². The van der Waals surface area contributed by atoms with Crippen LogP contribution in [0.1, 0.15) is 52.2 Å². The van der Waals surface area contributed by atoms with Crippen LogP contribution >= 0.6 is 15.9 Å². The van der Waals surface area contributed by atoms with Gasteiger partial charge in [-0.25, -0.2) is 4.79 Å². The van der Waals surface area contributed by atoms with Crippen molar-refractivity contribution < 1.29 is 19.1 Å². The molecule has 6 heteroatoms. The zero-order valence-electron chi connectivity index (χ0n) is 16.3. The van der Waals surface area contributed by atoms with Crippen molar-refractivity contribution in [2.75, 3.05) is 6.61 Å². The summed E-state index contributed by atoms with van der Waals surface area (Å²) >= 11 is 3.43. The number of hydrogen-bond acceptors (Lipinski definition) is 4. The molecule has 2 atom stereocenters. The first-order valence-corrected chi connectivity index (χ1v) is 10.1. The molecule has 1 aromatic carbocycles. The van der Waals surface area contributed by atoms with Gasteiger partial charge < -0.3 is 14.8 Å². The molecule has 1 amide bonds. The van der Waals surface area contributed by atoms with E-state index in [2.05, 4.69) is 21.2 Å². The summed E-state index contributed by atoms with van der Waals surface area (Å²) in [5, 5.41) is 3.70. The molecular formula is C20H30BrNO4. The maximum absolute atomic E-state index is 12.2. The summed E-state index contributed by atoms with van der Waals surface area (Å²) in [7, 11) is 0. The number of halogens is 1. The SMILES string of the molecule is CCOC(=O)[C@@H](C)C[C@H](Cc1ccc(CBr)cc1)NC(=O)OC(C)(C)C. The van der Waals surface area contributed by atoms with E-state index < -0.39 is 11.7 Å². The van der Waals surface area contributed by atoms with Crippen molar-refractivity contribution in [2.45, 2.75) is 64.4 Å². The largest absolute Gasteiger partial charge is 0.466 e. The minimum Gasteiger partial charge on any atom is -0.466 e. The predicted octanol–water partition coefficient (Wildman–Crippen LogP) is 4.61. The average molecular weight is 428 g/mol. The zero-order chi connectivity index (χ0) is 19.7. The van der Waals surface area contributed by atoms with E-state index in [9.17, 15) is 9.59 Å². The molecule has 0 unspecified atom stereocenters. The second kappa shape index (κ2) is 10.6.